The zero-order valence-electron chi connectivity index (χ0n) is 10.9. The maximum atomic E-state index is 12.2. The molecule has 106 valence electrons. The number of carbonyl (C=O) groups is 2. The van der Waals surface area contributed by atoms with Crippen LogP contribution in [0.1, 0.15) is 23.1 Å². The molecule has 2 aromatic heterocycles. The van der Waals surface area contributed by atoms with Crippen LogP contribution in [0.15, 0.2) is 24.4 Å². The number of aromatic nitrogens is 2. The molecule has 0 saturated carbocycles. The Morgan fingerprint density at radius 3 is 2.80 bits per heavy atom. The number of hydrogen-bond acceptors (Lipinski definition) is 4. The van der Waals surface area contributed by atoms with Gasteiger partial charge in [0, 0.05) is 6.20 Å². The molecule has 2 aromatic rings. The number of fused-ring (bicyclic) bond motifs is 1. The summed E-state index contributed by atoms with van der Waals surface area (Å²) < 4.78 is 1.60. The molecule has 0 aromatic carbocycles. The van der Waals surface area contributed by atoms with Gasteiger partial charge in [0.05, 0.1) is 12.3 Å². The van der Waals surface area contributed by atoms with Gasteiger partial charge in [0.1, 0.15) is 11.3 Å². The zero-order chi connectivity index (χ0) is 14.7. The highest BCUT2D eigenvalue weighted by molar-refractivity contribution is 5.97. The Balaban J connectivity index is 2.40. The maximum absolute atomic E-state index is 12.2. The molecule has 0 spiro atoms. The summed E-state index contributed by atoms with van der Waals surface area (Å²) in [7, 11) is 0. The van der Waals surface area contributed by atoms with Gasteiger partial charge in [-0.05, 0) is 18.6 Å². The number of aliphatic hydroxyl groups excluding tert-OH is 1. The molecule has 1 atom stereocenters. The highest BCUT2D eigenvalue weighted by Crippen LogP contribution is 2.13. The van der Waals surface area contributed by atoms with Gasteiger partial charge in [-0.2, -0.15) is 0 Å². The van der Waals surface area contributed by atoms with E-state index in [1.54, 1.807) is 28.8 Å². The van der Waals surface area contributed by atoms with Crippen molar-refractivity contribution < 1.29 is 19.8 Å². The van der Waals surface area contributed by atoms with E-state index in [9.17, 15) is 9.59 Å². The van der Waals surface area contributed by atoms with Crippen molar-refractivity contribution >= 4 is 17.5 Å². The van der Waals surface area contributed by atoms with Crippen LogP contribution in [0.2, 0.25) is 0 Å². The predicted molar refractivity (Wildman–Crippen MR) is 70.5 cm³/mol. The fourth-order valence-electron chi connectivity index (χ4n) is 1.94. The third-order valence-electron chi connectivity index (χ3n) is 2.94. The monoisotopic (exact) mass is 277 g/mol. The van der Waals surface area contributed by atoms with Crippen LogP contribution in [-0.4, -0.2) is 44.1 Å². The quantitative estimate of drug-likeness (QED) is 0.717. The third kappa shape index (κ3) is 2.48. The molecule has 0 aliphatic rings. The lowest BCUT2D eigenvalue weighted by molar-refractivity contribution is -0.140. The Morgan fingerprint density at radius 1 is 1.45 bits per heavy atom. The van der Waals surface area contributed by atoms with E-state index in [-0.39, 0.29) is 0 Å². The highest BCUT2D eigenvalue weighted by atomic mass is 16.4. The summed E-state index contributed by atoms with van der Waals surface area (Å²) in [5.41, 5.74) is 1.49. The van der Waals surface area contributed by atoms with Crippen LogP contribution in [-0.2, 0) is 11.2 Å². The second-order valence-electron chi connectivity index (χ2n) is 4.24. The fourth-order valence-corrected chi connectivity index (χ4v) is 1.94. The topological polar surface area (TPSA) is 104 Å². The summed E-state index contributed by atoms with van der Waals surface area (Å²) >= 11 is 0. The van der Waals surface area contributed by atoms with Crippen LogP contribution in [0.5, 0.6) is 0 Å². The average molecular weight is 277 g/mol. The van der Waals surface area contributed by atoms with Gasteiger partial charge < -0.3 is 15.5 Å². The summed E-state index contributed by atoms with van der Waals surface area (Å²) in [5, 5.41) is 20.1. The van der Waals surface area contributed by atoms with E-state index in [0.717, 1.165) is 0 Å². The van der Waals surface area contributed by atoms with Gasteiger partial charge >= 0.3 is 5.97 Å². The van der Waals surface area contributed by atoms with Gasteiger partial charge in [0.25, 0.3) is 5.91 Å². The number of carboxylic acid groups (broad SMARTS) is 1. The van der Waals surface area contributed by atoms with E-state index in [2.05, 4.69) is 10.3 Å². The summed E-state index contributed by atoms with van der Waals surface area (Å²) in [6.07, 6.45) is 2.23. The van der Waals surface area contributed by atoms with Crippen LogP contribution in [0.25, 0.3) is 5.65 Å². The molecule has 1 unspecified atom stereocenters. The number of aliphatic carboxylic acids is 1. The van der Waals surface area contributed by atoms with Crippen LogP contribution in [0.4, 0.5) is 0 Å². The average Bonchev–Trinajstić information content (AvgIpc) is 2.82. The molecule has 0 aliphatic heterocycles. The molecule has 0 fully saturated rings. The lowest BCUT2D eigenvalue weighted by Gasteiger charge is -2.12. The van der Waals surface area contributed by atoms with Crippen molar-refractivity contribution in [2.24, 2.45) is 0 Å². The van der Waals surface area contributed by atoms with E-state index < -0.39 is 24.5 Å². The van der Waals surface area contributed by atoms with Crippen LogP contribution < -0.4 is 5.32 Å². The van der Waals surface area contributed by atoms with E-state index in [4.69, 9.17) is 10.2 Å². The molecular weight excluding hydrogens is 262 g/mol. The van der Waals surface area contributed by atoms with E-state index in [0.29, 0.717) is 23.5 Å². The van der Waals surface area contributed by atoms with Gasteiger partial charge in [0.2, 0.25) is 0 Å². The molecule has 0 saturated heterocycles. The minimum atomic E-state index is -1.33. The molecule has 1 amide bonds. The predicted octanol–water partition coefficient (Wildman–Crippen LogP) is 0.0720. The summed E-state index contributed by atoms with van der Waals surface area (Å²) in [6, 6.07) is 3.99. The van der Waals surface area contributed by atoms with Crippen LogP contribution >= 0.6 is 0 Å². The van der Waals surface area contributed by atoms with E-state index in [1.807, 2.05) is 6.92 Å². The number of aliphatic hydroxyl groups is 1. The molecular formula is C13H15N3O4. The lowest BCUT2D eigenvalue weighted by atomic mass is 10.2. The van der Waals surface area contributed by atoms with Gasteiger partial charge in [-0.15, -0.1) is 0 Å². The SMILES string of the molecule is CCc1nc2ccccn2c1C(=O)NC(CO)C(=O)O. The summed E-state index contributed by atoms with van der Waals surface area (Å²) in [4.78, 5) is 27.4. The minimum absolute atomic E-state index is 0.294. The number of rotatable bonds is 5. The second kappa shape index (κ2) is 5.70. The van der Waals surface area contributed by atoms with Crippen molar-refractivity contribution in [3.05, 3.63) is 35.8 Å². The van der Waals surface area contributed by atoms with Crippen molar-refractivity contribution in [1.29, 1.82) is 0 Å². The van der Waals surface area contributed by atoms with Crippen molar-refractivity contribution in [2.75, 3.05) is 6.61 Å². The molecule has 0 radical (unpaired) electrons. The smallest absolute Gasteiger partial charge is 0.328 e. The largest absolute Gasteiger partial charge is 0.480 e. The van der Waals surface area contributed by atoms with Gasteiger partial charge in [-0.25, -0.2) is 9.78 Å². The number of imidazole rings is 1. The molecule has 20 heavy (non-hydrogen) atoms. The summed E-state index contributed by atoms with van der Waals surface area (Å²) in [6.45, 7) is 1.19. The first kappa shape index (κ1) is 14.0. The Bertz CT molecular complexity index is 650. The molecule has 7 heteroatoms. The van der Waals surface area contributed by atoms with Gasteiger partial charge in [0.15, 0.2) is 6.04 Å². The third-order valence-corrected chi connectivity index (χ3v) is 2.94. The molecule has 0 aliphatic carbocycles. The Hall–Kier alpha value is -2.41. The number of carbonyl (C=O) groups excluding carboxylic acids is 1. The van der Waals surface area contributed by atoms with E-state index in [1.165, 1.54) is 0 Å². The first-order valence-corrected chi connectivity index (χ1v) is 6.19. The lowest BCUT2D eigenvalue weighted by Crippen LogP contribution is -2.43. The van der Waals surface area contributed by atoms with Crippen molar-refractivity contribution in [3.63, 3.8) is 0 Å². The minimum Gasteiger partial charge on any atom is -0.480 e. The van der Waals surface area contributed by atoms with Crippen molar-refractivity contribution in [2.45, 2.75) is 19.4 Å². The number of carboxylic acids is 1. The first-order chi connectivity index (χ1) is 9.58. The Morgan fingerprint density at radius 2 is 2.20 bits per heavy atom. The zero-order valence-corrected chi connectivity index (χ0v) is 10.9. The van der Waals surface area contributed by atoms with Crippen molar-refractivity contribution in [1.82, 2.24) is 14.7 Å². The standard InChI is InChI=1S/C13H15N3O4/c1-2-8-11(12(18)15-9(7-17)13(19)20)16-6-4-3-5-10(16)14-8/h3-6,9,17H,2,7H2,1H3,(H,15,18)(H,19,20). The number of hydrogen-bond donors (Lipinski definition) is 3. The van der Waals surface area contributed by atoms with Gasteiger partial charge in [-0.3, -0.25) is 9.20 Å². The highest BCUT2D eigenvalue weighted by Gasteiger charge is 2.24. The molecule has 0 bridgehead atoms. The Kier molecular flexibility index (Phi) is 3.99. The van der Waals surface area contributed by atoms with E-state index >= 15 is 0 Å². The van der Waals surface area contributed by atoms with Crippen LogP contribution in [0.3, 0.4) is 0 Å². The number of nitrogens with zero attached hydrogens (tertiary/aromatic N) is 2. The normalized spacial score (nSPS) is 12.3. The molecule has 2 heterocycles. The molecule has 3 N–H and O–H groups in total. The number of pyridine rings is 1. The maximum Gasteiger partial charge on any atom is 0.328 e. The first-order valence-electron chi connectivity index (χ1n) is 6.19. The Labute approximate surface area is 114 Å². The number of aryl methyl sites for hydroxylation is 1. The molecule has 7 nitrogen and oxygen atoms in total. The molecule has 2 rings (SSSR count). The van der Waals surface area contributed by atoms with Gasteiger partial charge in [-0.1, -0.05) is 13.0 Å². The van der Waals surface area contributed by atoms with Crippen LogP contribution in [0, 0.1) is 0 Å². The fraction of sp³-hybridized carbons (Fsp3) is 0.308. The number of amides is 1. The van der Waals surface area contributed by atoms with Crippen molar-refractivity contribution in [3.8, 4) is 0 Å². The summed E-state index contributed by atoms with van der Waals surface area (Å²) in [5.74, 6) is -1.85. The number of nitrogens with one attached hydrogen (secondary N) is 1. The second-order valence-corrected chi connectivity index (χ2v) is 4.24.